The highest BCUT2D eigenvalue weighted by molar-refractivity contribution is 9.10. The molecule has 1 aromatic carbocycles. The number of anilines is 1. The van der Waals surface area contributed by atoms with Crippen LogP contribution in [0.4, 0.5) is 5.69 Å². The molecule has 0 saturated carbocycles. The summed E-state index contributed by atoms with van der Waals surface area (Å²) in [6, 6.07) is 8.17. The predicted molar refractivity (Wildman–Crippen MR) is 86.2 cm³/mol. The zero-order valence-corrected chi connectivity index (χ0v) is 13.4. The Kier molecular flexibility index (Phi) is 5.41. The average molecular weight is 335 g/mol. The van der Waals surface area contributed by atoms with Crippen LogP contribution in [-0.4, -0.2) is 11.6 Å². The number of halogens is 1. The lowest BCUT2D eigenvalue weighted by molar-refractivity contribution is 0.314. The Balaban J connectivity index is 2.09. The topological polar surface area (TPSA) is 34.1 Å². The van der Waals surface area contributed by atoms with Gasteiger partial charge in [-0.2, -0.15) is 0 Å². The van der Waals surface area contributed by atoms with Crippen molar-refractivity contribution in [1.82, 2.24) is 4.98 Å². The van der Waals surface area contributed by atoms with E-state index in [2.05, 4.69) is 45.3 Å². The van der Waals surface area contributed by atoms with Gasteiger partial charge in [0.25, 0.3) is 0 Å². The minimum atomic E-state index is 0.712. The Labute approximate surface area is 128 Å². The largest absolute Gasteiger partial charge is 0.493 e. The van der Waals surface area contributed by atoms with Crippen molar-refractivity contribution in [2.24, 2.45) is 0 Å². The summed E-state index contributed by atoms with van der Waals surface area (Å²) in [5, 5.41) is 3.38. The number of aromatic nitrogens is 1. The van der Waals surface area contributed by atoms with Crippen molar-refractivity contribution in [3.63, 3.8) is 0 Å². The van der Waals surface area contributed by atoms with E-state index in [-0.39, 0.29) is 0 Å². The van der Waals surface area contributed by atoms with Gasteiger partial charge in [0.2, 0.25) is 0 Å². The van der Waals surface area contributed by atoms with Crippen LogP contribution in [-0.2, 0) is 6.54 Å². The Morgan fingerprint density at radius 2 is 2.10 bits per heavy atom. The van der Waals surface area contributed by atoms with Crippen LogP contribution >= 0.6 is 15.9 Å². The van der Waals surface area contributed by atoms with Gasteiger partial charge in [0.1, 0.15) is 5.75 Å². The number of ether oxygens (including phenoxy) is 1. The molecular formula is C16H19BrN2O. The summed E-state index contributed by atoms with van der Waals surface area (Å²) in [7, 11) is 0. The van der Waals surface area contributed by atoms with E-state index in [0.717, 1.165) is 40.1 Å². The minimum absolute atomic E-state index is 0.712. The van der Waals surface area contributed by atoms with E-state index in [1.165, 1.54) is 0 Å². The van der Waals surface area contributed by atoms with Crippen LogP contribution in [0.3, 0.4) is 0 Å². The summed E-state index contributed by atoms with van der Waals surface area (Å²) >= 11 is 3.51. The van der Waals surface area contributed by atoms with Crippen LogP contribution in [0.15, 0.2) is 41.1 Å². The van der Waals surface area contributed by atoms with Crippen LogP contribution in [0.25, 0.3) is 0 Å². The maximum atomic E-state index is 5.78. The molecule has 20 heavy (non-hydrogen) atoms. The van der Waals surface area contributed by atoms with Crippen molar-refractivity contribution in [3.8, 4) is 5.75 Å². The van der Waals surface area contributed by atoms with Crippen molar-refractivity contribution >= 4 is 21.6 Å². The van der Waals surface area contributed by atoms with Crippen molar-refractivity contribution in [2.75, 3.05) is 11.9 Å². The monoisotopic (exact) mass is 334 g/mol. The Hall–Kier alpha value is -1.55. The van der Waals surface area contributed by atoms with Crippen molar-refractivity contribution < 1.29 is 4.74 Å². The van der Waals surface area contributed by atoms with Gasteiger partial charge in [-0.1, -0.05) is 22.9 Å². The summed E-state index contributed by atoms with van der Waals surface area (Å²) in [6.45, 7) is 5.59. The fraction of sp³-hybridized carbons (Fsp3) is 0.312. The van der Waals surface area contributed by atoms with Crippen molar-refractivity contribution in [1.29, 1.82) is 0 Å². The minimum Gasteiger partial charge on any atom is -0.493 e. The fourth-order valence-electron chi connectivity index (χ4n) is 1.89. The molecule has 106 valence electrons. The standard InChI is InChI=1S/C16H19BrN2O/c1-3-6-20-16-5-4-14(17)8-13(16)10-19-15-7-12(2)9-18-11-15/h4-5,7-9,11,19H,3,6,10H2,1-2H3. The molecule has 0 fully saturated rings. The van der Waals surface area contributed by atoms with Gasteiger partial charge < -0.3 is 10.1 Å². The highest BCUT2D eigenvalue weighted by Gasteiger charge is 2.05. The second kappa shape index (κ2) is 7.29. The van der Waals surface area contributed by atoms with Crippen LogP contribution in [0.1, 0.15) is 24.5 Å². The molecule has 1 heterocycles. The van der Waals surface area contributed by atoms with E-state index in [9.17, 15) is 0 Å². The molecule has 0 bridgehead atoms. The number of aryl methyl sites for hydroxylation is 1. The first-order chi connectivity index (χ1) is 9.69. The third kappa shape index (κ3) is 4.23. The molecular weight excluding hydrogens is 316 g/mol. The lowest BCUT2D eigenvalue weighted by atomic mass is 10.2. The molecule has 0 radical (unpaired) electrons. The lowest BCUT2D eigenvalue weighted by Gasteiger charge is -2.13. The van der Waals surface area contributed by atoms with Gasteiger partial charge in [-0.05, 0) is 43.2 Å². The maximum Gasteiger partial charge on any atom is 0.124 e. The molecule has 0 aliphatic rings. The first-order valence-corrected chi connectivity index (χ1v) is 7.55. The van der Waals surface area contributed by atoms with Crippen molar-refractivity contribution in [3.05, 3.63) is 52.3 Å². The third-order valence-corrected chi connectivity index (χ3v) is 3.34. The van der Waals surface area contributed by atoms with E-state index >= 15 is 0 Å². The highest BCUT2D eigenvalue weighted by Crippen LogP contribution is 2.24. The zero-order chi connectivity index (χ0) is 14.4. The lowest BCUT2D eigenvalue weighted by Crippen LogP contribution is -2.04. The van der Waals surface area contributed by atoms with E-state index < -0.39 is 0 Å². The summed E-state index contributed by atoms with van der Waals surface area (Å²) < 4.78 is 6.83. The van der Waals surface area contributed by atoms with Gasteiger partial charge in [-0.15, -0.1) is 0 Å². The molecule has 0 saturated heterocycles. The van der Waals surface area contributed by atoms with E-state index in [1.54, 1.807) is 0 Å². The Morgan fingerprint density at radius 1 is 1.25 bits per heavy atom. The molecule has 1 aromatic heterocycles. The number of hydrogen-bond acceptors (Lipinski definition) is 3. The smallest absolute Gasteiger partial charge is 0.124 e. The van der Waals surface area contributed by atoms with Crippen LogP contribution in [0.5, 0.6) is 5.75 Å². The van der Waals surface area contributed by atoms with Crippen molar-refractivity contribution in [2.45, 2.75) is 26.8 Å². The highest BCUT2D eigenvalue weighted by atomic mass is 79.9. The molecule has 2 aromatic rings. The molecule has 0 atom stereocenters. The first kappa shape index (κ1) is 14.9. The van der Waals surface area contributed by atoms with E-state index in [0.29, 0.717) is 6.54 Å². The Bertz CT molecular complexity index is 572. The van der Waals surface area contributed by atoms with Gasteiger partial charge in [-0.25, -0.2) is 0 Å². The SMILES string of the molecule is CCCOc1ccc(Br)cc1CNc1cncc(C)c1. The van der Waals surface area contributed by atoms with Gasteiger partial charge in [-0.3, -0.25) is 4.98 Å². The third-order valence-electron chi connectivity index (χ3n) is 2.84. The number of benzene rings is 1. The Morgan fingerprint density at radius 3 is 2.85 bits per heavy atom. The number of hydrogen-bond donors (Lipinski definition) is 1. The molecule has 0 unspecified atom stereocenters. The average Bonchev–Trinajstić information content (AvgIpc) is 2.44. The fourth-order valence-corrected chi connectivity index (χ4v) is 2.30. The van der Waals surface area contributed by atoms with E-state index in [1.807, 2.05) is 31.5 Å². The predicted octanol–water partition coefficient (Wildman–Crippen LogP) is 4.55. The molecule has 0 aliphatic carbocycles. The first-order valence-electron chi connectivity index (χ1n) is 6.76. The van der Waals surface area contributed by atoms with Crippen LogP contribution < -0.4 is 10.1 Å². The summed E-state index contributed by atoms with van der Waals surface area (Å²) in [5.41, 5.74) is 3.30. The van der Waals surface area contributed by atoms with E-state index in [4.69, 9.17) is 4.74 Å². The second-order valence-electron chi connectivity index (χ2n) is 4.71. The maximum absolute atomic E-state index is 5.78. The van der Waals surface area contributed by atoms with Gasteiger partial charge in [0.15, 0.2) is 0 Å². The molecule has 2 rings (SSSR count). The quantitative estimate of drug-likeness (QED) is 0.841. The summed E-state index contributed by atoms with van der Waals surface area (Å²) in [5.74, 6) is 0.933. The normalized spacial score (nSPS) is 10.3. The summed E-state index contributed by atoms with van der Waals surface area (Å²) in [4.78, 5) is 4.18. The molecule has 4 heteroatoms. The second-order valence-corrected chi connectivity index (χ2v) is 5.62. The summed E-state index contributed by atoms with van der Waals surface area (Å²) in [6.07, 6.45) is 4.68. The number of pyridine rings is 1. The number of rotatable bonds is 6. The number of nitrogens with one attached hydrogen (secondary N) is 1. The molecule has 0 aliphatic heterocycles. The van der Waals surface area contributed by atoms with Crippen LogP contribution in [0.2, 0.25) is 0 Å². The number of nitrogens with zero attached hydrogens (tertiary/aromatic N) is 1. The van der Waals surface area contributed by atoms with Gasteiger partial charge >= 0.3 is 0 Å². The molecule has 0 spiro atoms. The van der Waals surface area contributed by atoms with Crippen LogP contribution in [0, 0.1) is 6.92 Å². The molecule has 1 N–H and O–H groups in total. The zero-order valence-electron chi connectivity index (χ0n) is 11.8. The molecule has 0 amide bonds. The molecule has 3 nitrogen and oxygen atoms in total. The van der Waals surface area contributed by atoms with Gasteiger partial charge in [0, 0.05) is 29.0 Å². The van der Waals surface area contributed by atoms with Gasteiger partial charge in [0.05, 0.1) is 12.3 Å².